The van der Waals surface area contributed by atoms with Crippen LogP contribution in [0.1, 0.15) is 383 Å². The van der Waals surface area contributed by atoms with Gasteiger partial charge in [0.1, 0.15) is 0 Å². The van der Waals surface area contributed by atoms with Gasteiger partial charge in [-0.1, -0.05) is 230 Å². The summed E-state index contributed by atoms with van der Waals surface area (Å²) in [6.07, 6.45) is 57.0. The normalized spacial score (nSPS) is 35.9. The van der Waals surface area contributed by atoms with E-state index in [0.717, 1.165) is 145 Å². The van der Waals surface area contributed by atoms with Crippen molar-refractivity contribution in [3.63, 3.8) is 0 Å². The number of carbonyl (C=O) groups is 4. The first kappa shape index (κ1) is 101. The van der Waals surface area contributed by atoms with E-state index in [4.69, 9.17) is 18.9 Å². The molecule has 0 unspecified atom stereocenters. The van der Waals surface area contributed by atoms with E-state index >= 15 is 0 Å². The van der Waals surface area contributed by atoms with Gasteiger partial charge in [-0.05, 0) is 327 Å². The quantitative estimate of drug-likeness (QED) is 0.0351. The molecule has 0 aromatic rings. The molecular weight excluding hydrogens is 1480 g/mol. The summed E-state index contributed by atoms with van der Waals surface area (Å²) in [6, 6.07) is 0. The van der Waals surface area contributed by atoms with E-state index in [9.17, 15) is 24.3 Å². The van der Waals surface area contributed by atoms with Gasteiger partial charge in [0.25, 0.3) is 0 Å². The van der Waals surface area contributed by atoms with Crippen molar-refractivity contribution in [3.05, 3.63) is 34.9 Å². The maximum absolute atomic E-state index is 12.1. The average Bonchev–Trinajstić information content (AvgIpc) is 1.67. The lowest BCUT2D eigenvalue weighted by Gasteiger charge is -2.58. The third-order valence-electron chi connectivity index (χ3n) is 35.1. The van der Waals surface area contributed by atoms with Crippen LogP contribution in [0.5, 0.6) is 0 Å². The van der Waals surface area contributed by atoms with E-state index in [1.165, 1.54) is 199 Å². The van der Waals surface area contributed by atoms with Gasteiger partial charge >= 0.3 is 23.9 Å². The molecule has 12 aliphatic carbocycles. The van der Waals surface area contributed by atoms with Gasteiger partial charge in [0.05, 0.1) is 77.5 Å². The van der Waals surface area contributed by atoms with Crippen molar-refractivity contribution in [2.45, 2.75) is 402 Å². The van der Waals surface area contributed by atoms with Gasteiger partial charge in [-0.2, -0.15) is 0 Å². The Hall–Kier alpha value is -3.10. The number of carbonyl (C=O) groups excluding carboxylic acids is 4. The molecule has 0 aromatic carbocycles. The van der Waals surface area contributed by atoms with Crippen LogP contribution in [-0.2, 0) is 47.6 Å². The lowest BCUT2D eigenvalue weighted by Crippen LogP contribution is -2.51. The summed E-state index contributed by atoms with van der Waals surface area (Å²) < 4.78 is 32.1. The molecule has 12 aliphatic rings. The minimum atomic E-state index is -0.369. The smallest absolute Gasteiger partial charge is 0.320 e. The Labute approximate surface area is 730 Å². The minimum Gasteiger partial charge on any atom is -0.465 e. The van der Waals surface area contributed by atoms with Crippen LogP contribution >= 0.6 is 0 Å². The Morgan fingerprint density at radius 3 is 1.05 bits per heavy atom. The van der Waals surface area contributed by atoms with Gasteiger partial charge in [-0.3, -0.25) is 29.4 Å². The zero-order chi connectivity index (χ0) is 87.0. The van der Waals surface area contributed by atoms with Gasteiger partial charge in [-0.15, -0.1) is 0 Å². The van der Waals surface area contributed by atoms with Crippen molar-refractivity contribution < 1.29 is 52.7 Å². The maximum Gasteiger partial charge on any atom is 0.320 e. The Kier molecular flexibility index (Phi) is 40.5. The molecule has 13 nitrogen and oxygen atoms in total. The Morgan fingerprint density at radius 2 is 0.723 bits per heavy atom. The lowest BCUT2D eigenvalue weighted by molar-refractivity contribution is -0.149. The number of fused-ring (bicyclic) bond motifs is 15. The van der Waals surface area contributed by atoms with E-state index < -0.39 is 0 Å². The Balaban J connectivity index is 0.000000206. The molecule has 119 heavy (non-hydrogen) atoms. The third-order valence-corrected chi connectivity index (χ3v) is 35.1. The van der Waals surface area contributed by atoms with E-state index in [-0.39, 0.29) is 62.3 Å². The van der Waals surface area contributed by atoms with Gasteiger partial charge in [0.15, 0.2) is 0 Å². The molecule has 13 heteroatoms. The number of aliphatic hydroxyl groups is 1. The summed E-state index contributed by atoms with van der Waals surface area (Å²) in [5.41, 5.74) is 7.94. The molecule has 12 rings (SSSR count). The first-order valence-electron chi connectivity index (χ1n) is 50.7. The number of nitrogens with zero attached hydrogens (tertiary/aromatic N) is 1. The number of rotatable bonds is 35. The van der Waals surface area contributed by atoms with Crippen LogP contribution in [0.4, 0.5) is 0 Å². The van der Waals surface area contributed by atoms with Gasteiger partial charge in [-0.25, -0.2) is 0 Å². The molecule has 2 N–H and O–H groups in total. The summed E-state index contributed by atoms with van der Waals surface area (Å²) in [7, 11) is 0. The number of allylic oxidation sites excluding steroid dienone is 3. The number of nitrogens with one attached hydrogen (secondary N) is 1. The zero-order valence-electron chi connectivity index (χ0n) is 81.1. The van der Waals surface area contributed by atoms with Gasteiger partial charge in [0, 0.05) is 13.2 Å². The summed E-state index contributed by atoms with van der Waals surface area (Å²) in [6.45, 7) is 55.0. The van der Waals surface area contributed by atoms with Crippen LogP contribution in [0.25, 0.3) is 0 Å². The molecule has 0 heterocycles. The van der Waals surface area contributed by atoms with Crippen LogP contribution in [0.2, 0.25) is 0 Å². The molecule has 0 amide bonds. The molecule has 0 aromatic heterocycles. The van der Waals surface area contributed by atoms with Crippen molar-refractivity contribution in [1.29, 1.82) is 0 Å². The molecule has 0 aliphatic heterocycles. The zero-order valence-corrected chi connectivity index (χ0v) is 81.1. The van der Waals surface area contributed by atoms with Crippen LogP contribution in [0, 0.1) is 139 Å². The summed E-state index contributed by atoms with van der Waals surface area (Å²) in [5, 5.41) is 12.8. The second-order valence-electron chi connectivity index (χ2n) is 43.8. The van der Waals surface area contributed by atoms with E-state index in [1.807, 2.05) is 0 Å². The summed E-state index contributed by atoms with van der Waals surface area (Å²) in [4.78, 5) is 47.5. The summed E-state index contributed by atoms with van der Waals surface area (Å²) >= 11 is 0. The van der Waals surface area contributed by atoms with Crippen LogP contribution in [-0.4, -0.2) is 125 Å². The van der Waals surface area contributed by atoms with Crippen molar-refractivity contribution in [2.75, 3.05) is 72.4 Å². The SMILES string of the molecule is CC(C)CCC[C@@H](C)[C@H]1CC[C@H]2[C@@H]3CC=C4C[C@@H](O)CC[C@]4(C)[C@H]3CC[C@]12C.CCCC.CCCO[C@H]1CC[C@@]2(C)C(=CC[C@H]3[C@@H]4CC[C@H]([C@H](C)CCCC(C)C)[C@@]4(C)CC[C@@H]32)C1.CCOC(=O)CN(CCO[C@H]1CC[C@@]2(C)C(=CC[C@H]3[C@@H]4CC[C@H]([C@H](C)CCCC(C)C)[C@@]4(C)CC[C@@H]32)C1)CC(=O)OCC.CCOC(=O)CNCC(=O)OCC. The fraction of sp³-hybridized carbons (Fsp3) is 0.906. The standard InChI is InChI=1S/C37H63NO5.C30H52O.C27H46O.C8H15NO4.C4H10/c1-8-41-34(39)24-38(25-35(40)42-9-2)21-22-43-29-17-19-36(6)28(23-29)13-14-30-32-16-15-31(27(5)12-10-11-26(3)4)37(32,7)20-18-33(30)36;1-7-19-31-24-15-17-29(5)23(20-24)11-12-25-27-14-13-26(22(4)10-8-9-21(2)3)30(27,6)18-16-28(25)29;1-18(2)7-6-8-19(3)23-11-12-24-22-10-9-20-17-21(28)13-15-26(20,4)25(22)14-16-27(23,24)5;1-3-12-7(10)5-9-6-8(11)13-4-2;1-3-4-2/h13,26-27,29-33H,8-12,14-25H2,1-7H3;11,21-22,24-28H,7-10,12-20H2,1-6H3;9,18-19,21-25,28H,6-8,10-17H2,1-5H3;9H,3-6H2,1-2H3;3-4H2,1-2H3/t27-,29+,30+,31-,32+,33+,36+,37-;22-,24+,25+,26-,27+,28+,29+,30-;19-,21+,22+,23-,24+,25+,26+,27-;;/m111../s1. The van der Waals surface area contributed by atoms with Crippen LogP contribution in [0.3, 0.4) is 0 Å². The topological polar surface area (TPSA) is 159 Å². The Bertz CT molecular complexity index is 3120. The number of aliphatic hydroxyl groups excluding tert-OH is 1. The van der Waals surface area contributed by atoms with E-state index in [2.05, 4.69) is 158 Å². The first-order chi connectivity index (χ1) is 56.7. The largest absolute Gasteiger partial charge is 0.465 e. The van der Waals surface area contributed by atoms with E-state index in [0.29, 0.717) is 78.2 Å². The molecule has 9 saturated carbocycles. The molecule has 0 radical (unpaired) electrons. The molecule has 686 valence electrons. The minimum absolute atomic E-state index is 0.0344. The highest BCUT2D eigenvalue weighted by Crippen LogP contribution is 2.71. The van der Waals surface area contributed by atoms with Crippen molar-refractivity contribution in [1.82, 2.24) is 10.2 Å². The van der Waals surface area contributed by atoms with Crippen molar-refractivity contribution >= 4 is 23.9 Å². The number of hydrogen-bond donors (Lipinski definition) is 2. The molecule has 0 bridgehead atoms. The first-order valence-corrected chi connectivity index (χ1v) is 50.7. The van der Waals surface area contributed by atoms with Crippen LogP contribution in [0.15, 0.2) is 34.9 Å². The predicted octanol–water partition coefficient (Wildman–Crippen LogP) is 25.6. The molecule has 24 atom stereocenters. The predicted molar refractivity (Wildman–Crippen MR) is 491 cm³/mol. The van der Waals surface area contributed by atoms with E-state index in [1.54, 1.807) is 49.3 Å². The number of esters is 4. The van der Waals surface area contributed by atoms with Crippen LogP contribution < -0.4 is 5.32 Å². The third kappa shape index (κ3) is 25.9. The maximum atomic E-state index is 12.1. The second kappa shape index (κ2) is 47.6. The highest BCUT2D eigenvalue weighted by molar-refractivity contribution is 5.75. The molecule has 0 saturated heterocycles. The fourth-order valence-electron chi connectivity index (χ4n) is 28.6. The second-order valence-corrected chi connectivity index (χ2v) is 43.8. The lowest BCUT2D eigenvalue weighted by atomic mass is 9.47. The highest BCUT2D eigenvalue weighted by atomic mass is 16.5. The summed E-state index contributed by atoms with van der Waals surface area (Å²) in [5.74, 6) is 14.8. The highest BCUT2D eigenvalue weighted by Gasteiger charge is 2.63. The number of hydrogen-bond acceptors (Lipinski definition) is 13. The monoisotopic (exact) mass is 1660 g/mol. The number of unbranched alkanes of at least 4 members (excludes halogenated alkanes) is 1. The Morgan fingerprint density at radius 1 is 0.395 bits per heavy atom. The van der Waals surface area contributed by atoms with Gasteiger partial charge < -0.3 is 33.5 Å². The molecular formula is C106H186N2O11. The van der Waals surface area contributed by atoms with Crippen molar-refractivity contribution in [2.24, 2.45) is 139 Å². The van der Waals surface area contributed by atoms with Gasteiger partial charge in [0.2, 0.25) is 0 Å². The fourth-order valence-corrected chi connectivity index (χ4v) is 28.6. The average molecular weight is 1660 g/mol. The van der Waals surface area contributed by atoms with Crippen molar-refractivity contribution in [3.8, 4) is 0 Å². The molecule has 0 spiro atoms. The number of ether oxygens (including phenoxy) is 6. The molecule has 9 fully saturated rings.